The van der Waals surface area contributed by atoms with E-state index in [9.17, 15) is 9.90 Å². The molecule has 1 amide bonds. The van der Waals surface area contributed by atoms with Gasteiger partial charge in [0.05, 0.1) is 12.1 Å². The van der Waals surface area contributed by atoms with Gasteiger partial charge in [0, 0.05) is 50.7 Å². The Balaban J connectivity index is 1.58. The van der Waals surface area contributed by atoms with Crippen molar-refractivity contribution in [2.75, 3.05) is 37.6 Å². The fourth-order valence-electron chi connectivity index (χ4n) is 2.97. The standard InChI is InChI=1S/C14H23N5O2S/c1-2-12-16-14(22-17-12)19-5-3-4-18(6-7-19)13(21)11-8-10(20)9-15-11/h10-11,15,20H,2-9H2,1H3/t10-,11-/m0/s1. The summed E-state index contributed by atoms with van der Waals surface area (Å²) >= 11 is 1.44. The molecule has 2 fully saturated rings. The summed E-state index contributed by atoms with van der Waals surface area (Å²) in [6, 6.07) is -0.227. The molecule has 0 aromatic carbocycles. The lowest BCUT2D eigenvalue weighted by atomic mass is 10.2. The summed E-state index contributed by atoms with van der Waals surface area (Å²) in [5, 5.41) is 13.6. The van der Waals surface area contributed by atoms with Crippen LogP contribution in [0.25, 0.3) is 0 Å². The summed E-state index contributed by atoms with van der Waals surface area (Å²) in [4.78, 5) is 21.2. The molecule has 0 bridgehead atoms. The third-order valence-corrected chi connectivity index (χ3v) is 5.07. The number of hydrogen-bond donors (Lipinski definition) is 2. The van der Waals surface area contributed by atoms with E-state index in [1.54, 1.807) is 0 Å². The molecular formula is C14H23N5O2S. The fraction of sp³-hybridized carbons (Fsp3) is 0.786. The zero-order chi connectivity index (χ0) is 15.5. The van der Waals surface area contributed by atoms with Gasteiger partial charge in [0.25, 0.3) is 0 Å². The maximum Gasteiger partial charge on any atom is 0.239 e. The first-order chi connectivity index (χ1) is 10.7. The number of nitrogens with zero attached hydrogens (tertiary/aromatic N) is 4. The predicted molar refractivity (Wildman–Crippen MR) is 85.1 cm³/mol. The number of aryl methyl sites for hydroxylation is 1. The predicted octanol–water partition coefficient (Wildman–Crippen LogP) is -0.138. The zero-order valence-electron chi connectivity index (χ0n) is 12.9. The van der Waals surface area contributed by atoms with E-state index in [2.05, 4.69) is 26.5 Å². The summed E-state index contributed by atoms with van der Waals surface area (Å²) in [6.45, 7) is 5.73. The van der Waals surface area contributed by atoms with Crippen molar-refractivity contribution in [2.24, 2.45) is 0 Å². The first kappa shape index (κ1) is 15.6. The van der Waals surface area contributed by atoms with Crippen LogP contribution in [0.2, 0.25) is 0 Å². The average Bonchev–Trinajstić information content (AvgIpc) is 3.10. The van der Waals surface area contributed by atoms with Gasteiger partial charge in [-0.1, -0.05) is 6.92 Å². The number of aliphatic hydroxyl groups is 1. The molecule has 0 spiro atoms. The maximum atomic E-state index is 12.5. The molecule has 2 N–H and O–H groups in total. The van der Waals surface area contributed by atoms with Gasteiger partial charge in [-0.05, 0) is 12.8 Å². The molecule has 3 heterocycles. The van der Waals surface area contributed by atoms with Gasteiger partial charge in [-0.15, -0.1) is 0 Å². The van der Waals surface area contributed by atoms with Gasteiger partial charge in [0.1, 0.15) is 5.82 Å². The molecule has 2 saturated heterocycles. The van der Waals surface area contributed by atoms with Gasteiger partial charge in [-0.25, -0.2) is 4.98 Å². The van der Waals surface area contributed by atoms with Crippen LogP contribution in [0.5, 0.6) is 0 Å². The molecule has 2 aliphatic heterocycles. The molecule has 1 aromatic heterocycles. The highest BCUT2D eigenvalue weighted by Gasteiger charge is 2.32. The molecule has 22 heavy (non-hydrogen) atoms. The molecule has 0 radical (unpaired) electrons. The number of nitrogens with one attached hydrogen (secondary N) is 1. The number of carbonyl (C=O) groups excluding carboxylic acids is 1. The number of amides is 1. The number of rotatable bonds is 3. The van der Waals surface area contributed by atoms with E-state index in [-0.39, 0.29) is 11.9 Å². The third-order valence-electron chi connectivity index (χ3n) is 4.26. The third kappa shape index (κ3) is 3.39. The molecule has 2 aliphatic rings. The Morgan fingerprint density at radius 3 is 2.95 bits per heavy atom. The second-order valence-corrected chi connectivity index (χ2v) is 6.59. The summed E-state index contributed by atoms with van der Waals surface area (Å²) in [6.07, 6.45) is 1.91. The normalized spacial score (nSPS) is 26.3. The first-order valence-corrected chi connectivity index (χ1v) is 8.72. The second-order valence-electron chi connectivity index (χ2n) is 5.86. The highest BCUT2D eigenvalue weighted by atomic mass is 32.1. The van der Waals surface area contributed by atoms with Crippen LogP contribution in [0, 0.1) is 0 Å². The van der Waals surface area contributed by atoms with E-state index in [0.717, 1.165) is 43.4 Å². The van der Waals surface area contributed by atoms with Crippen LogP contribution in [0.4, 0.5) is 5.13 Å². The minimum absolute atomic E-state index is 0.116. The van der Waals surface area contributed by atoms with Crippen LogP contribution in [-0.2, 0) is 11.2 Å². The minimum atomic E-state index is -0.397. The molecule has 2 atom stereocenters. The minimum Gasteiger partial charge on any atom is -0.392 e. The van der Waals surface area contributed by atoms with Gasteiger partial charge in [-0.2, -0.15) is 4.37 Å². The van der Waals surface area contributed by atoms with Gasteiger partial charge in [0.15, 0.2) is 0 Å². The van der Waals surface area contributed by atoms with E-state index in [0.29, 0.717) is 19.5 Å². The highest BCUT2D eigenvalue weighted by Crippen LogP contribution is 2.20. The number of hydrogen-bond acceptors (Lipinski definition) is 7. The molecule has 8 heteroatoms. The van der Waals surface area contributed by atoms with E-state index in [1.165, 1.54) is 11.5 Å². The molecule has 122 valence electrons. The molecule has 0 aliphatic carbocycles. The highest BCUT2D eigenvalue weighted by molar-refractivity contribution is 7.09. The number of aromatic nitrogens is 2. The Morgan fingerprint density at radius 1 is 1.41 bits per heavy atom. The van der Waals surface area contributed by atoms with Gasteiger partial charge in [0.2, 0.25) is 11.0 Å². The lowest BCUT2D eigenvalue weighted by Gasteiger charge is -2.24. The van der Waals surface area contributed by atoms with E-state index in [4.69, 9.17) is 0 Å². The van der Waals surface area contributed by atoms with Crippen molar-refractivity contribution >= 4 is 22.6 Å². The molecule has 3 rings (SSSR count). The SMILES string of the molecule is CCc1nsc(N2CCCN(C(=O)[C@@H]3C[C@H](O)CN3)CC2)n1. The van der Waals surface area contributed by atoms with E-state index in [1.807, 2.05) is 4.90 Å². The van der Waals surface area contributed by atoms with Crippen molar-refractivity contribution in [3.05, 3.63) is 5.82 Å². The Labute approximate surface area is 134 Å². The summed E-state index contributed by atoms with van der Waals surface area (Å²) in [7, 11) is 0. The lowest BCUT2D eigenvalue weighted by molar-refractivity contribution is -0.133. The number of carbonyl (C=O) groups is 1. The van der Waals surface area contributed by atoms with Crippen LogP contribution in [-0.4, -0.2) is 70.1 Å². The maximum absolute atomic E-state index is 12.5. The molecule has 1 aromatic rings. The summed E-state index contributed by atoms with van der Waals surface area (Å²) < 4.78 is 4.34. The smallest absolute Gasteiger partial charge is 0.239 e. The largest absolute Gasteiger partial charge is 0.392 e. The fourth-order valence-corrected chi connectivity index (χ4v) is 3.77. The first-order valence-electron chi connectivity index (χ1n) is 7.95. The van der Waals surface area contributed by atoms with Crippen LogP contribution in [0.3, 0.4) is 0 Å². The summed E-state index contributed by atoms with van der Waals surface area (Å²) in [5.41, 5.74) is 0. The molecule has 7 nitrogen and oxygen atoms in total. The van der Waals surface area contributed by atoms with Crippen LogP contribution < -0.4 is 10.2 Å². The number of anilines is 1. The van der Waals surface area contributed by atoms with Crippen LogP contribution in [0.15, 0.2) is 0 Å². The quantitative estimate of drug-likeness (QED) is 0.805. The van der Waals surface area contributed by atoms with Gasteiger partial charge in [-0.3, -0.25) is 4.79 Å². The molecule has 0 unspecified atom stereocenters. The Morgan fingerprint density at radius 2 is 2.27 bits per heavy atom. The number of aliphatic hydroxyl groups excluding tert-OH is 1. The van der Waals surface area contributed by atoms with Crippen LogP contribution in [0.1, 0.15) is 25.6 Å². The summed E-state index contributed by atoms with van der Waals surface area (Å²) in [5.74, 6) is 1.01. The van der Waals surface area contributed by atoms with E-state index >= 15 is 0 Å². The number of β-amino-alcohol motifs (C(OH)–C–C–N with tert-alkyl or cyclic N) is 1. The van der Waals surface area contributed by atoms with Crippen molar-refractivity contribution in [1.82, 2.24) is 19.6 Å². The lowest BCUT2D eigenvalue weighted by Crippen LogP contribution is -2.45. The molecule has 0 saturated carbocycles. The van der Waals surface area contributed by atoms with Gasteiger partial charge >= 0.3 is 0 Å². The Hall–Kier alpha value is -1.25. The van der Waals surface area contributed by atoms with Crippen LogP contribution >= 0.6 is 11.5 Å². The van der Waals surface area contributed by atoms with Crippen molar-refractivity contribution in [1.29, 1.82) is 0 Å². The second kappa shape index (κ2) is 6.89. The topological polar surface area (TPSA) is 81.6 Å². The van der Waals surface area contributed by atoms with E-state index < -0.39 is 6.10 Å². The van der Waals surface area contributed by atoms with Crippen molar-refractivity contribution in [3.8, 4) is 0 Å². The van der Waals surface area contributed by atoms with Crippen molar-refractivity contribution in [2.45, 2.75) is 38.3 Å². The van der Waals surface area contributed by atoms with Gasteiger partial charge < -0.3 is 20.2 Å². The monoisotopic (exact) mass is 325 g/mol. The Kier molecular flexibility index (Phi) is 4.90. The Bertz CT molecular complexity index is 523. The van der Waals surface area contributed by atoms with Crippen molar-refractivity contribution < 1.29 is 9.90 Å². The molecular weight excluding hydrogens is 302 g/mol. The average molecular weight is 325 g/mol. The van der Waals surface area contributed by atoms with Crippen molar-refractivity contribution in [3.63, 3.8) is 0 Å². The zero-order valence-corrected chi connectivity index (χ0v) is 13.7.